The minimum atomic E-state index is -4.60. The minimum absolute atomic E-state index is 0.00756. The molecule has 0 aromatic heterocycles. The Kier molecular flexibility index (Phi) is 50.8. The first-order chi connectivity index (χ1) is 34.5. The van der Waals surface area contributed by atoms with Gasteiger partial charge >= 0.3 is 0 Å². The molecule has 0 aromatic carbocycles. The van der Waals surface area contributed by atoms with E-state index >= 15 is 0 Å². The first-order valence-electron chi connectivity index (χ1n) is 29.4. The van der Waals surface area contributed by atoms with E-state index in [2.05, 4.69) is 92.1 Å². The van der Waals surface area contributed by atoms with Crippen LogP contribution in [-0.2, 0) is 18.4 Å². The number of allylic oxidation sites excluding steroid dienone is 13. The van der Waals surface area contributed by atoms with Gasteiger partial charge in [-0.15, -0.1) is 0 Å². The number of aliphatic hydroxyl groups excluding tert-OH is 1. The number of nitrogens with one attached hydrogen (secondary N) is 1. The maximum atomic E-state index is 12.9. The fraction of sp³-hybridized carbons (Fsp3) is 0.758. The van der Waals surface area contributed by atoms with E-state index < -0.39 is 26.6 Å². The normalized spacial score (nSPS) is 14.5. The first kappa shape index (κ1) is 68.7. The number of likely N-dealkylation sites (N-methyl/N-ethyl adjacent to an activating group) is 1. The second kappa shape index (κ2) is 52.5. The van der Waals surface area contributed by atoms with Crippen LogP contribution in [0, 0.1) is 0 Å². The van der Waals surface area contributed by atoms with Crippen LogP contribution in [0.5, 0.6) is 0 Å². The number of aliphatic hydroxyl groups is 1. The lowest BCUT2D eigenvalue weighted by Crippen LogP contribution is -2.45. The monoisotopic (exact) mass is 1010 g/mol. The molecule has 0 spiro atoms. The van der Waals surface area contributed by atoms with Crippen molar-refractivity contribution < 1.29 is 32.9 Å². The molecule has 0 aliphatic heterocycles. The highest BCUT2D eigenvalue weighted by Gasteiger charge is 2.23. The fourth-order valence-corrected chi connectivity index (χ4v) is 8.98. The summed E-state index contributed by atoms with van der Waals surface area (Å²) in [6, 6.07) is -0.904. The van der Waals surface area contributed by atoms with Gasteiger partial charge in [-0.1, -0.05) is 253 Å². The molecule has 0 aromatic rings. The molecule has 0 aliphatic carbocycles. The lowest BCUT2D eigenvalue weighted by atomic mass is 10.0. The van der Waals surface area contributed by atoms with Crippen LogP contribution in [0.1, 0.15) is 251 Å². The summed E-state index contributed by atoms with van der Waals surface area (Å²) < 4.78 is 23.3. The molecule has 0 radical (unpaired) electrons. The van der Waals surface area contributed by atoms with Gasteiger partial charge in [0, 0.05) is 6.42 Å². The Morgan fingerprint density at radius 2 is 0.873 bits per heavy atom. The third-order valence-electron chi connectivity index (χ3n) is 12.8. The molecule has 0 bridgehead atoms. The van der Waals surface area contributed by atoms with Crippen molar-refractivity contribution in [2.45, 2.75) is 264 Å². The first-order valence-corrected chi connectivity index (χ1v) is 30.9. The molecule has 3 unspecified atom stereocenters. The molecule has 0 rings (SSSR count). The van der Waals surface area contributed by atoms with Crippen molar-refractivity contribution in [2.24, 2.45) is 0 Å². The Balaban J connectivity index is 3.95. The highest BCUT2D eigenvalue weighted by molar-refractivity contribution is 7.45. The number of carbonyl (C=O) groups is 1. The van der Waals surface area contributed by atoms with Crippen LogP contribution in [0.3, 0.4) is 0 Å². The van der Waals surface area contributed by atoms with Crippen molar-refractivity contribution >= 4 is 13.7 Å². The van der Waals surface area contributed by atoms with Crippen molar-refractivity contribution in [3.8, 4) is 0 Å². The van der Waals surface area contributed by atoms with Crippen LogP contribution in [0.4, 0.5) is 0 Å². The van der Waals surface area contributed by atoms with E-state index in [0.717, 1.165) is 70.6 Å². The number of amides is 1. The predicted molar refractivity (Wildman–Crippen MR) is 307 cm³/mol. The standard InChI is InChI=1S/C62H113N2O6P/c1-6-8-10-12-14-16-18-20-21-22-23-24-25-26-27-28-29-30-31-32-33-34-35-36-37-38-39-40-41-42-43-44-46-48-50-52-54-56-62(66)63-60(59-70-71(67,68)69-58-57-64(3,4)5)61(65)55-53-51-49-47-45-19-17-15-13-11-9-7-2/h8,10,14,16,20-21,23-24,26-27,45,47,53,55,60-61,65H,6-7,9,11-13,15,17-19,22,25,28-44,46,48-52,54,56-59H2,1-5H3,(H-,63,66,67,68)/b10-8-,16-14-,21-20-,24-23-,27-26-,47-45+,55-53+. The van der Waals surface area contributed by atoms with Crippen molar-refractivity contribution in [1.29, 1.82) is 0 Å². The number of hydrogen-bond donors (Lipinski definition) is 2. The van der Waals surface area contributed by atoms with Crippen LogP contribution >= 0.6 is 7.82 Å². The third-order valence-corrected chi connectivity index (χ3v) is 13.8. The Morgan fingerprint density at radius 3 is 1.31 bits per heavy atom. The maximum absolute atomic E-state index is 12.9. The average molecular weight is 1010 g/mol. The zero-order chi connectivity index (χ0) is 52.0. The quantitative estimate of drug-likeness (QED) is 0.0272. The van der Waals surface area contributed by atoms with Gasteiger partial charge in [0.1, 0.15) is 13.2 Å². The van der Waals surface area contributed by atoms with Gasteiger partial charge in [-0.2, -0.15) is 0 Å². The van der Waals surface area contributed by atoms with Crippen LogP contribution < -0.4 is 10.2 Å². The molecule has 0 heterocycles. The summed E-state index contributed by atoms with van der Waals surface area (Å²) in [5.74, 6) is -0.207. The summed E-state index contributed by atoms with van der Waals surface area (Å²) in [6.45, 7) is 4.50. The minimum Gasteiger partial charge on any atom is -0.756 e. The SMILES string of the molecule is CC/C=C\C/C=C\C/C=C\C/C=C\C/C=C\CCCCCCCCCCCCCCCCCCCCCCCC(=O)NC(COP(=O)([O-])OCC[N+](C)(C)C)C(O)/C=C/CC/C=C/CCCCCCCC. The van der Waals surface area contributed by atoms with Gasteiger partial charge in [0.05, 0.1) is 39.9 Å². The van der Waals surface area contributed by atoms with Crippen molar-refractivity contribution in [3.63, 3.8) is 0 Å². The molecule has 71 heavy (non-hydrogen) atoms. The molecule has 8 nitrogen and oxygen atoms in total. The summed E-state index contributed by atoms with van der Waals surface area (Å²) in [7, 11) is 1.24. The van der Waals surface area contributed by atoms with Gasteiger partial charge in [-0.05, 0) is 77.0 Å². The highest BCUT2D eigenvalue weighted by atomic mass is 31.2. The predicted octanol–water partition coefficient (Wildman–Crippen LogP) is 17.4. The molecule has 1 amide bonds. The van der Waals surface area contributed by atoms with E-state index in [4.69, 9.17) is 9.05 Å². The van der Waals surface area contributed by atoms with Crippen LogP contribution in [-0.4, -0.2) is 68.5 Å². The summed E-state index contributed by atoms with van der Waals surface area (Å²) in [5, 5.41) is 13.8. The number of carbonyl (C=O) groups excluding carboxylic acids is 1. The third kappa shape index (κ3) is 55.3. The Hall–Kier alpha value is -2.32. The molecule has 412 valence electrons. The topological polar surface area (TPSA) is 108 Å². The molecule has 0 saturated heterocycles. The Bertz CT molecular complexity index is 1430. The molecule has 0 aliphatic rings. The number of hydrogen-bond acceptors (Lipinski definition) is 6. The number of rotatable bonds is 53. The van der Waals surface area contributed by atoms with Crippen molar-refractivity contribution in [3.05, 3.63) is 85.1 Å². The lowest BCUT2D eigenvalue weighted by molar-refractivity contribution is -0.870. The summed E-state index contributed by atoms with van der Waals surface area (Å²) in [4.78, 5) is 25.4. The van der Waals surface area contributed by atoms with Gasteiger partial charge in [-0.25, -0.2) is 0 Å². The van der Waals surface area contributed by atoms with Gasteiger partial charge in [0.25, 0.3) is 7.82 Å². The number of phosphoric ester groups is 1. The fourth-order valence-electron chi connectivity index (χ4n) is 8.26. The van der Waals surface area contributed by atoms with Crippen molar-refractivity contribution in [1.82, 2.24) is 5.32 Å². The van der Waals surface area contributed by atoms with E-state index in [1.54, 1.807) is 6.08 Å². The molecule has 3 atom stereocenters. The maximum Gasteiger partial charge on any atom is 0.268 e. The van der Waals surface area contributed by atoms with Crippen LogP contribution in [0.25, 0.3) is 0 Å². The molecule has 2 N–H and O–H groups in total. The zero-order valence-electron chi connectivity index (χ0n) is 46.9. The van der Waals surface area contributed by atoms with Crippen LogP contribution in [0.2, 0.25) is 0 Å². The molecule has 9 heteroatoms. The molecule has 0 saturated carbocycles. The van der Waals surface area contributed by atoms with E-state index in [-0.39, 0.29) is 12.5 Å². The van der Waals surface area contributed by atoms with E-state index in [9.17, 15) is 19.4 Å². The average Bonchev–Trinajstić information content (AvgIpc) is 3.33. The smallest absolute Gasteiger partial charge is 0.268 e. The number of quaternary nitrogens is 1. The summed E-state index contributed by atoms with van der Waals surface area (Å²) >= 11 is 0. The van der Waals surface area contributed by atoms with Gasteiger partial charge < -0.3 is 28.8 Å². The van der Waals surface area contributed by atoms with E-state index in [0.29, 0.717) is 17.4 Å². The zero-order valence-corrected chi connectivity index (χ0v) is 47.8. The molecule has 0 fully saturated rings. The Labute approximate surface area is 439 Å². The van der Waals surface area contributed by atoms with Crippen molar-refractivity contribution in [2.75, 3.05) is 40.9 Å². The number of nitrogens with zero attached hydrogens (tertiary/aromatic N) is 1. The number of phosphoric acid groups is 1. The molecular formula is C62H113N2O6P. The van der Waals surface area contributed by atoms with E-state index in [1.807, 2.05) is 27.2 Å². The van der Waals surface area contributed by atoms with Gasteiger partial charge in [0.2, 0.25) is 5.91 Å². The summed E-state index contributed by atoms with van der Waals surface area (Å²) in [6.07, 6.45) is 74.0. The second-order valence-electron chi connectivity index (χ2n) is 21.0. The van der Waals surface area contributed by atoms with Gasteiger partial charge in [-0.3, -0.25) is 9.36 Å². The lowest BCUT2D eigenvalue weighted by Gasteiger charge is -2.29. The summed E-state index contributed by atoms with van der Waals surface area (Å²) in [5.41, 5.74) is 0. The van der Waals surface area contributed by atoms with Crippen LogP contribution in [0.15, 0.2) is 85.1 Å². The molecular weight excluding hydrogens is 900 g/mol. The largest absolute Gasteiger partial charge is 0.756 e. The van der Waals surface area contributed by atoms with E-state index in [1.165, 1.54) is 161 Å². The Morgan fingerprint density at radius 1 is 0.507 bits per heavy atom. The highest BCUT2D eigenvalue weighted by Crippen LogP contribution is 2.38. The second-order valence-corrected chi connectivity index (χ2v) is 22.4. The van der Waals surface area contributed by atoms with Gasteiger partial charge in [0.15, 0.2) is 0 Å². The number of unbranched alkanes of at least 4 members (excludes halogenated alkanes) is 28.